The quantitative estimate of drug-likeness (QED) is 0.443. The van der Waals surface area contributed by atoms with Crippen LogP contribution >= 0.6 is 0 Å². The van der Waals surface area contributed by atoms with Gasteiger partial charge < -0.3 is 14.8 Å². The number of aromatic nitrogens is 1. The van der Waals surface area contributed by atoms with Crippen LogP contribution in [0.25, 0.3) is 6.08 Å². The Balaban J connectivity index is 1.75. The molecule has 0 aliphatic rings. The number of ether oxygens (including phenoxy) is 2. The van der Waals surface area contributed by atoms with Crippen LogP contribution in [0.15, 0.2) is 66.4 Å². The fraction of sp³-hybridized carbons (Fsp3) is 0.160. The molecule has 31 heavy (non-hydrogen) atoms. The van der Waals surface area contributed by atoms with Crippen molar-refractivity contribution < 1.29 is 14.3 Å². The van der Waals surface area contributed by atoms with Crippen LogP contribution in [0.4, 0.5) is 5.69 Å². The molecule has 0 saturated heterocycles. The van der Waals surface area contributed by atoms with Gasteiger partial charge in [0.15, 0.2) is 0 Å². The first kappa shape index (κ1) is 21.6. The Bertz CT molecular complexity index is 1110. The van der Waals surface area contributed by atoms with Crippen molar-refractivity contribution in [3.05, 3.63) is 88.8 Å². The minimum Gasteiger partial charge on any atom is -0.497 e. The summed E-state index contributed by atoms with van der Waals surface area (Å²) in [6.07, 6.45) is 3.30. The van der Waals surface area contributed by atoms with Gasteiger partial charge in [0, 0.05) is 11.9 Å². The summed E-state index contributed by atoms with van der Waals surface area (Å²) in [5.41, 5.74) is 4.01. The Kier molecular flexibility index (Phi) is 7.02. The second-order valence-electron chi connectivity index (χ2n) is 6.95. The number of anilines is 1. The summed E-state index contributed by atoms with van der Waals surface area (Å²) < 4.78 is 11.1. The lowest BCUT2D eigenvalue weighted by molar-refractivity contribution is -0.112. The highest BCUT2D eigenvalue weighted by molar-refractivity contribution is 6.09. The normalized spacial score (nSPS) is 10.8. The number of hydrogen-bond acceptors (Lipinski definition) is 5. The van der Waals surface area contributed by atoms with Gasteiger partial charge in [-0.1, -0.05) is 6.07 Å². The Hall–Kier alpha value is -4.11. The van der Waals surface area contributed by atoms with E-state index >= 15 is 0 Å². The first-order valence-corrected chi connectivity index (χ1v) is 9.71. The molecule has 1 aromatic heterocycles. The lowest BCUT2D eigenvalue weighted by Crippen LogP contribution is -2.13. The monoisotopic (exact) mass is 413 g/mol. The predicted octanol–water partition coefficient (Wildman–Crippen LogP) is 4.83. The average molecular weight is 413 g/mol. The second-order valence-corrected chi connectivity index (χ2v) is 6.95. The van der Waals surface area contributed by atoms with E-state index in [9.17, 15) is 10.1 Å². The first-order chi connectivity index (χ1) is 15.0. The molecule has 6 nitrogen and oxygen atoms in total. The van der Waals surface area contributed by atoms with Crippen molar-refractivity contribution >= 4 is 17.7 Å². The molecule has 2 aromatic carbocycles. The number of hydrogen-bond donors (Lipinski definition) is 1. The molecule has 6 heteroatoms. The number of aryl methyl sites for hydroxylation is 2. The van der Waals surface area contributed by atoms with Crippen LogP contribution in [-0.4, -0.2) is 18.0 Å². The van der Waals surface area contributed by atoms with Gasteiger partial charge in [-0.3, -0.25) is 9.78 Å². The number of methoxy groups -OCH3 is 1. The molecule has 0 aliphatic carbocycles. The number of nitriles is 1. The molecule has 3 rings (SSSR count). The van der Waals surface area contributed by atoms with Crippen LogP contribution in [0.5, 0.6) is 11.5 Å². The summed E-state index contributed by atoms with van der Waals surface area (Å²) >= 11 is 0. The minimum atomic E-state index is -0.474. The number of benzene rings is 2. The summed E-state index contributed by atoms with van der Waals surface area (Å²) in [7, 11) is 1.57. The van der Waals surface area contributed by atoms with E-state index in [1.807, 2.05) is 50.2 Å². The van der Waals surface area contributed by atoms with Crippen LogP contribution in [0.1, 0.15) is 22.4 Å². The fourth-order valence-electron chi connectivity index (χ4n) is 3.11. The lowest BCUT2D eigenvalue weighted by atomic mass is 10.0. The van der Waals surface area contributed by atoms with Crippen molar-refractivity contribution in [2.24, 2.45) is 0 Å². The van der Waals surface area contributed by atoms with Gasteiger partial charge in [-0.25, -0.2) is 0 Å². The van der Waals surface area contributed by atoms with Gasteiger partial charge >= 0.3 is 0 Å². The third-order valence-electron chi connectivity index (χ3n) is 4.60. The molecule has 1 N–H and O–H groups in total. The number of pyridine rings is 1. The van der Waals surface area contributed by atoms with Crippen molar-refractivity contribution in [3.63, 3.8) is 0 Å². The predicted molar refractivity (Wildman–Crippen MR) is 120 cm³/mol. The summed E-state index contributed by atoms with van der Waals surface area (Å²) in [4.78, 5) is 16.8. The van der Waals surface area contributed by atoms with E-state index in [-0.39, 0.29) is 5.57 Å². The van der Waals surface area contributed by atoms with Gasteiger partial charge in [0.05, 0.1) is 12.8 Å². The number of nitrogens with zero attached hydrogens (tertiary/aromatic N) is 2. The lowest BCUT2D eigenvalue weighted by Gasteiger charge is -2.13. The number of rotatable bonds is 7. The van der Waals surface area contributed by atoms with E-state index in [1.165, 1.54) is 0 Å². The van der Waals surface area contributed by atoms with Crippen LogP contribution in [0, 0.1) is 25.2 Å². The summed E-state index contributed by atoms with van der Waals surface area (Å²) in [6.45, 7) is 4.23. The molecule has 3 aromatic rings. The van der Waals surface area contributed by atoms with Crippen LogP contribution < -0.4 is 14.8 Å². The van der Waals surface area contributed by atoms with Crippen molar-refractivity contribution in [3.8, 4) is 17.6 Å². The molecule has 0 saturated carbocycles. The third kappa shape index (κ3) is 5.71. The van der Waals surface area contributed by atoms with Crippen LogP contribution in [0.2, 0.25) is 0 Å². The zero-order chi connectivity index (χ0) is 22.2. The van der Waals surface area contributed by atoms with E-state index in [1.54, 1.807) is 43.6 Å². The topological polar surface area (TPSA) is 84.2 Å². The maximum atomic E-state index is 12.5. The van der Waals surface area contributed by atoms with Crippen molar-refractivity contribution in [1.29, 1.82) is 5.26 Å². The summed E-state index contributed by atoms with van der Waals surface area (Å²) in [5.74, 6) is 0.979. The van der Waals surface area contributed by atoms with Gasteiger partial charge in [0.1, 0.15) is 29.7 Å². The van der Waals surface area contributed by atoms with Gasteiger partial charge in [0.2, 0.25) is 0 Å². The van der Waals surface area contributed by atoms with Crippen molar-refractivity contribution in [2.75, 3.05) is 12.4 Å². The molecular weight excluding hydrogens is 390 g/mol. The fourth-order valence-corrected chi connectivity index (χ4v) is 3.11. The zero-order valence-electron chi connectivity index (χ0n) is 17.7. The Morgan fingerprint density at radius 1 is 1.13 bits per heavy atom. The number of nitrogens with one attached hydrogen (secondary N) is 1. The maximum absolute atomic E-state index is 12.5. The minimum absolute atomic E-state index is 0.0109. The van der Waals surface area contributed by atoms with Gasteiger partial charge in [-0.2, -0.15) is 5.26 Å². The summed E-state index contributed by atoms with van der Waals surface area (Å²) in [6, 6.07) is 18.3. The summed E-state index contributed by atoms with van der Waals surface area (Å²) in [5, 5.41) is 12.2. The van der Waals surface area contributed by atoms with E-state index in [0.29, 0.717) is 18.0 Å². The highest BCUT2D eigenvalue weighted by atomic mass is 16.5. The first-order valence-electron chi connectivity index (χ1n) is 9.71. The van der Waals surface area contributed by atoms with Gasteiger partial charge in [-0.05, 0) is 85.1 Å². The molecule has 0 fully saturated rings. The highest BCUT2D eigenvalue weighted by Gasteiger charge is 2.12. The molecule has 0 spiro atoms. The Morgan fingerprint density at radius 3 is 2.42 bits per heavy atom. The van der Waals surface area contributed by atoms with Gasteiger partial charge in [-0.15, -0.1) is 0 Å². The number of amides is 1. The smallest absolute Gasteiger partial charge is 0.266 e. The second kappa shape index (κ2) is 10.1. The maximum Gasteiger partial charge on any atom is 0.266 e. The third-order valence-corrected chi connectivity index (χ3v) is 4.60. The molecule has 156 valence electrons. The van der Waals surface area contributed by atoms with Crippen molar-refractivity contribution in [2.45, 2.75) is 20.5 Å². The van der Waals surface area contributed by atoms with Crippen molar-refractivity contribution in [1.82, 2.24) is 4.98 Å². The van der Waals surface area contributed by atoms with E-state index in [0.717, 1.165) is 28.1 Å². The molecule has 0 atom stereocenters. The molecular formula is C25H23N3O3. The molecule has 0 radical (unpaired) electrons. The number of carbonyl (C=O) groups excluding carboxylic acids is 1. The van der Waals surface area contributed by atoms with Crippen LogP contribution in [0.3, 0.4) is 0 Å². The van der Waals surface area contributed by atoms with E-state index in [2.05, 4.69) is 10.3 Å². The molecule has 1 amide bonds. The highest BCUT2D eigenvalue weighted by Crippen LogP contribution is 2.27. The van der Waals surface area contributed by atoms with Gasteiger partial charge in [0.25, 0.3) is 5.91 Å². The SMILES string of the molecule is COc1ccc(NC(=O)/C(C#N)=C\c2cc(C)c(OCc3ccccn3)c(C)c2)cc1. The molecule has 0 aliphatic heterocycles. The average Bonchev–Trinajstić information content (AvgIpc) is 2.78. The molecule has 0 unspecified atom stereocenters. The van der Waals surface area contributed by atoms with E-state index in [4.69, 9.17) is 9.47 Å². The standard InChI is InChI=1S/C25H23N3O3/c1-17-12-19(13-18(2)24(17)31-16-22-6-4-5-11-27-22)14-20(15-26)25(29)28-21-7-9-23(30-3)10-8-21/h4-14H,16H2,1-3H3,(H,28,29)/b20-14-. The van der Waals surface area contributed by atoms with E-state index < -0.39 is 5.91 Å². The largest absolute Gasteiger partial charge is 0.497 e. The Labute approximate surface area is 181 Å². The zero-order valence-corrected chi connectivity index (χ0v) is 17.7. The van der Waals surface area contributed by atoms with Crippen LogP contribution in [-0.2, 0) is 11.4 Å². The Morgan fingerprint density at radius 2 is 1.84 bits per heavy atom. The molecule has 1 heterocycles. The molecule has 0 bridgehead atoms. The number of carbonyl (C=O) groups is 1.